The van der Waals surface area contributed by atoms with Crippen molar-refractivity contribution in [1.29, 1.82) is 0 Å². The van der Waals surface area contributed by atoms with Crippen LogP contribution in [0.4, 0.5) is 17.1 Å². The average Bonchev–Trinajstić information content (AvgIpc) is 3.99. The number of amides is 1. The number of hydrogen-bond donors (Lipinski definition) is 2. The Morgan fingerprint density at radius 1 is 0.719 bits per heavy atom. The van der Waals surface area contributed by atoms with Crippen LogP contribution in [0.25, 0.3) is 0 Å². The van der Waals surface area contributed by atoms with Crippen molar-refractivity contribution >= 4 is 33.0 Å². The molecule has 5 aromatic carbocycles. The molecule has 5 atom stereocenters. The van der Waals surface area contributed by atoms with Crippen LogP contribution in [-0.4, -0.2) is 75.0 Å². The molecule has 0 aromatic heterocycles. The number of anilines is 3. The Morgan fingerprint density at radius 3 is 2.05 bits per heavy atom. The van der Waals surface area contributed by atoms with E-state index in [4.69, 9.17) is 0 Å². The molecule has 57 heavy (non-hydrogen) atoms. The number of rotatable bonds is 8. The summed E-state index contributed by atoms with van der Waals surface area (Å²) in [5, 5.41) is 8.05. The Bertz CT molecular complexity index is 2560. The second-order valence-corrected chi connectivity index (χ2v) is 18.6. The normalized spacial score (nSPS) is 27.5. The van der Waals surface area contributed by atoms with Gasteiger partial charge in [-0.1, -0.05) is 103 Å². The Morgan fingerprint density at radius 2 is 1.32 bits per heavy atom. The van der Waals surface area contributed by atoms with Gasteiger partial charge in [-0.3, -0.25) is 18.9 Å². The molecule has 2 N–H and O–H groups in total. The van der Waals surface area contributed by atoms with E-state index in [2.05, 4.69) is 77.0 Å². The van der Waals surface area contributed by atoms with Gasteiger partial charge in [0.1, 0.15) is 5.41 Å². The molecule has 2 fully saturated rings. The van der Waals surface area contributed by atoms with Gasteiger partial charge in [0, 0.05) is 54.2 Å². The molecule has 10 heteroatoms. The summed E-state index contributed by atoms with van der Waals surface area (Å²) in [4.78, 5) is 22.7. The molecule has 9 nitrogen and oxygen atoms in total. The number of benzene rings is 5. The molecule has 5 aromatic rings. The topological polar surface area (TPSA) is 88.2 Å². The lowest BCUT2D eigenvalue weighted by Gasteiger charge is -2.48. The van der Waals surface area contributed by atoms with Crippen molar-refractivity contribution in [2.45, 2.75) is 59.8 Å². The number of sulfonamides is 1. The summed E-state index contributed by atoms with van der Waals surface area (Å²) in [5.74, 6) is -0.121. The zero-order valence-corrected chi connectivity index (χ0v) is 33.6. The molecule has 10 rings (SSSR count). The highest BCUT2D eigenvalue weighted by molar-refractivity contribution is 7.89. The number of likely N-dealkylation sites (tertiary alicyclic amines) is 2. The minimum Gasteiger partial charge on any atom is -0.369 e. The molecule has 0 spiro atoms. The molecule has 5 heterocycles. The molecule has 0 radical (unpaired) electrons. The number of likely N-dealkylation sites (N-methyl/N-ethyl adjacent to an activating group) is 2. The summed E-state index contributed by atoms with van der Waals surface area (Å²) in [7, 11) is 2.07. The van der Waals surface area contributed by atoms with Gasteiger partial charge in [0.05, 0.1) is 23.8 Å². The van der Waals surface area contributed by atoms with Crippen LogP contribution in [0.1, 0.15) is 46.2 Å². The summed E-state index contributed by atoms with van der Waals surface area (Å²) in [6.07, 6.45) is 5.43. The molecule has 2 saturated heterocycles. The van der Waals surface area contributed by atoms with Crippen molar-refractivity contribution in [2.24, 2.45) is 0 Å². The largest absolute Gasteiger partial charge is 0.369 e. The van der Waals surface area contributed by atoms with Crippen molar-refractivity contribution in [3.63, 3.8) is 0 Å². The Balaban J connectivity index is 1.20. The second kappa shape index (κ2) is 12.8. The van der Waals surface area contributed by atoms with Gasteiger partial charge in [-0.05, 0) is 92.0 Å². The van der Waals surface area contributed by atoms with Crippen LogP contribution in [0.5, 0.6) is 0 Å². The lowest BCUT2D eigenvalue weighted by Crippen LogP contribution is -2.60. The smallest absolute Gasteiger partial charge is 0.263 e. The van der Waals surface area contributed by atoms with Crippen molar-refractivity contribution in [1.82, 2.24) is 14.1 Å². The summed E-state index contributed by atoms with van der Waals surface area (Å²) in [6.45, 7) is 4.21. The van der Waals surface area contributed by atoms with E-state index < -0.39 is 15.4 Å². The monoisotopic (exact) mass is 776 g/mol. The molecule has 5 aliphatic rings. The van der Waals surface area contributed by atoms with E-state index >= 15 is 4.79 Å². The third kappa shape index (κ3) is 4.81. The van der Waals surface area contributed by atoms with Crippen LogP contribution >= 0.6 is 0 Å². The number of nitrogens with one attached hydrogen (secondary N) is 2. The molecule has 0 aliphatic carbocycles. The van der Waals surface area contributed by atoms with Crippen LogP contribution in [0.3, 0.4) is 0 Å². The lowest BCUT2D eigenvalue weighted by molar-refractivity contribution is -0.120. The van der Waals surface area contributed by atoms with Gasteiger partial charge in [0.2, 0.25) is 5.91 Å². The van der Waals surface area contributed by atoms with Gasteiger partial charge in [-0.15, -0.1) is 0 Å². The molecular formula is C47H48N6O3S. The van der Waals surface area contributed by atoms with Crippen molar-refractivity contribution in [3.05, 3.63) is 167 Å². The van der Waals surface area contributed by atoms with E-state index in [-0.39, 0.29) is 34.0 Å². The zero-order valence-electron chi connectivity index (χ0n) is 32.8. The molecule has 0 unspecified atom stereocenters. The Labute approximate surface area is 335 Å². The maximum atomic E-state index is 15.7. The first kappa shape index (κ1) is 36.0. The first-order valence-electron chi connectivity index (χ1n) is 19.9. The van der Waals surface area contributed by atoms with E-state index in [1.165, 1.54) is 21.1 Å². The van der Waals surface area contributed by atoms with Crippen LogP contribution in [0.15, 0.2) is 138 Å². The predicted molar refractivity (Wildman–Crippen MR) is 226 cm³/mol. The van der Waals surface area contributed by atoms with Gasteiger partial charge in [0.25, 0.3) is 10.0 Å². The fraction of sp³-hybridized carbons (Fsp3) is 0.298. The zero-order chi connectivity index (χ0) is 39.3. The number of aryl methyl sites for hydroxylation is 1. The number of fused-ring (bicyclic) bond motifs is 8. The van der Waals surface area contributed by atoms with Gasteiger partial charge in [-0.2, -0.15) is 0 Å². The van der Waals surface area contributed by atoms with E-state index in [0.29, 0.717) is 6.54 Å². The molecule has 0 bridgehead atoms. The van der Waals surface area contributed by atoms with Gasteiger partial charge in [-0.25, -0.2) is 8.42 Å². The number of para-hydroxylation sites is 3. The van der Waals surface area contributed by atoms with Gasteiger partial charge >= 0.3 is 0 Å². The molecule has 1 amide bonds. The highest BCUT2D eigenvalue weighted by Crippen LogP contribution is 2.67. The maximum Gasteiger partial charge on any atom is 0.263 e. The number of carbonyl (C=O) groups excluding carboxylic acids is 1. The first-order chi connectivity index (χ1) is 27.5. The molecule has 290 valence electrons. The second-order valence-electron chi connectivity index (χ2n) is 16.6. The summed E-state index contributed by atoms with van der Waals surface area (Å²) in [5.41, 5.74) is 7.24. The standard InChI is InChI=1S/C47H48N6O3S/c1-32-21-23-34(24-22-32)57(55,56)52(4)30-25-45(36-16-9-11-20-40(36)53(44(45)54)31-33-13-6-5-7-14-33)37-17-12-18-38-41(37)49-43-47(38,27-29-51(43)3)46-26-28-50(2)42(46)48-39-19-10-8-15-35(39)46/h5-25,30,42-43,48-49H,26-29,31H2,1-4H3/b30-25+/t42-,43+,45-,46+,47-/m1/s1. The van der Waals surface area contributed by atoms with E-state index in [1.54, 1.807) is 37.5 Å². The number of hydrogen-bond acceptors (Lipinski definition) is 7. The van der Waals surface area contributed by atoms with Crippen molar-refractivity contribution in [2.75, 3.05) is 49.8 Å². The van der Waals surface area contributed by atoms with Crippen LogP contribution in [0, 0.1) is 6.92 Å². The average molecular weight is 777 g/mol. The summed E-state index contributed by atoms with van der Waals surface area (Å²) >= 11 is 0. The minimum absolute atomic E-state index is 0.0339. The molecule has 5 aliphatic heterocycles. The third-order valence-electron chi connectivity index (χ3n) is 13.9. The predicted octanol–water partition coefficient (Wildman–Crippen LogP) is 7.01. The number of nitrogens with zero attached hydrogens (tertiary/aromatic N) is 4. The SMILES string of the molecule is Cc1ccc(S(=O)(=O)N(C)/C=C/[C@@]2(c3cccc4c3N[C@H]3N(C)CC[C@@]43[C@]34CCN(C)[C@H]3Nc3ccccc34)C(=O)N(Cc3ccccc3)c3ccccc32)cc1. The van der Waals surface area contributed by atoms with Crippen molar-refractivity contribution in [3.8, 4) is 0 Å². The van der Waals surface area contributed by atoms with Gasteiger partial charge in [0.15, 0.2) is 0 Å². The van der Waals surface area contributed by atoms with E-state index in [9.17, 15) is 8.42 Å². The lowest BCUT2D eigenvalue weighted by atomic mass is 9.54. The van der Waals surface area contributed by atoms with E-state index in [0.717, 1.165) is 59.6 Å². The first-order valence-corrected chi connectivity index (χ1v) is 21.3. The van der Waals surface area contributed by atoms with E-state index in [1.807, 2.05) is 72.5 Å². The molecular weight excluding hydrogens is 729 g/mol. The maximum absolute atomic E-state index is 15.7. The Hall–Kier alpha value is -5.42. The Kier molecular flexibility index (Phi) is 8.07. The van der Waals surface area contributed by atoms with Crippen molar-refractivity contribution < 1.29 is 13.2 Å². The molecule has 0 saturated carbocycles. The summed E-state index contributed by atoms with van der Waals surface area (Å²) < 4.78 is 29.3. The van der Waals surface area contributed by atoms with Crippen LogP contribution in [0.2, 0.25) is 0 Å². The van der Waals surface area contributed by atoms with Crippen LogP contribution in [-0.2, 0) is 37.6 Å². The highest BCUT2D eigenvalue weighted by Gasteiger charge is 2.71. The van der Waals surface area contributed by atoms with Crippen LogP contribution < -0.4 is 15.5 Å². The third-order valence-corrected chi connectivity index (χ3v) is 15.6. The fourth-order valence-corrected chi connectivity index (χ4v) is 12.2. The fourth-order valence-electron chi connectivity index (χ4n) is 11.2. The summed E-state index contributed by atoms with van der Waals surface area (Å²) in [6, 6.07) is 40.2. The minimum atomic E-state index is -3.92. The quantitative estimate of drug-likeness (QED) is 0.175. The number of carbonyl (C=O) groups is 1. The van der Waals surface area contributed by atoms with Gasteiger partial charge < -0.3 is 15.5 Å². The highest BCUT2D eigenvalue weighted by atomic mass is 32.2.